The van der Waals surface area contributed by atoms with Gasteiger partial charge in [-0.15, -0.1) is 0 Å². The molecule has 130 valence electrons. The topological polar surface area (TPSA) is 74.6 Å². The summed E-state index contributed by atoms with van der Waals surface area (Å²) in [7, 11) is 4.81. The molecule has 0 atom stereocenters. The van der Waals surface area contributed by atoms with E-state index < -0.39 is 0 Å². The Morgan fingerprint density at radius 3 is 2.28 bits per heavy atom. The SMILES string of the molecule is CCn1c(COC)nc(C(C)C)c1SSc1cc(C#N)cc(C#N)c1. The van der Waals surface area contributed by atoms with Crippen molar-refractivity contribution in [2.24, 2.45) is 0 Å². The molecular formula is C18H20N4OS2. The zero-order valence-electron chi connectivity index (χ0n) is 14.7. The number of aromatic nitrogens is 2. The molecule has 2 aromatic rings. The lowest BCUT2D eigenvalue weighted by Crippen LogP contribution is -2.03. The van der Waals surface area contributed by atoms with E-state index in [-0.39, 0.29) is 0 Å². The summed E-state index contributed by atoms with van der Waals surface area (Å²) >= 11 is 0. The van der Waals surface area contributed by atoms with Crippen molar-refractivity contribution in [3.8, 4) is 12.1 Å². The average Bonchev–Trinajstić information content (AvgIpc) is 2.97. The van der Waals surface area contributed by atoms with Gasteiger partial charge < -0.3 is 9.30 Å². The largest absolute Gasteiger partial charge is 0.377 e. The second kappa shape index (κ2) is 8.96. The molecular weight excluding hydrogens is 352 g/mol. The van der Waals surface area contributed by atoms with Gasteiger partial charge in [0.1, 0.15) is 17.5 Å². The number of hydrogen-bond donors (Lipinski definition) is 0. The van der Waals surface area contributed by atoms with Crippen molar-refractivity contribution in [1.82, 2.24) is 9.55 Å². The van der Waals surface area contributed by atoms with Crippen LogP contribution in [0.1, 0.15) is 49.3 Å². The summed E-state index contributed by atoms with van der Waals surface area (Å²) in [6, 6.07) is 9.41. The van der Waals surface area contributed by atoms with Crippen molar-refractivity contribution in [3.63, 3.8) is 0 Å². The Kier molecular flexibility index (Phi) is 6.95. The molecule has 2 rings (SSSR count). The van der Waals surface area contributed by atoms with E-state index in [9.17, 15) is 0 Å². The van der Waals surface area contributed by atoms with Crippen LogP contribution in [0, 0.1) is 22.7 Å². The maximum absolute atomic E-state index is 9.13. The van der Waals surface area contributed by atoms with E-state index in [2.05, 4.69) is 37.5 Å². The summed E-state index contributed by atoms with van der Waals surface area (Å²) < 4.78 is 7.43. The maximum atomic E-state index is 9.13. The van der Waals surface area contributed by atoms with E-state index in [0.717, 1.165) is 28.0 Å². The Bertz CT molecular complexity index is 799. The number of hydrogen-bond acceptors (Lipinski definition) is 6. The average molecular weight is 373 g/mol. The van der Waals surface area contributed by atoms with Crippen molar-refractivity contribution in [2.45, 2.75) is 49.8 Å². The van der Waals surface area contributed by atoms with Gasteiger partial charge in [-0.2, -0.15) is 10.5 Å². The minimum Gasteiger partial charge on any atom is -0.377 e. The number of benzene rings is 1. The van der Waals surface area contributed by atoms with Gasteiger partial charge >= 0.3 is 0 Å². The molecule has 1 aromatic heterocycles. The van der Waals surface area contributed by atoms with Crippen LogP contribution < -0.4 is 0 Å². The van der Waals surface area contributed by atoms with Crippen molar-refractivity contribution in [1.29, 1.82) is 10.5 Å². The molecule has 1 heterocycles. The van der Waals surface area contributed by atoms with Crippen LogP contribution in [0.15, 0.2) is 28.1 Å². The van der Waals surface area contributed by atoms with Gasteiger partial charge in [0.2, 0.25) is 0 Å². The second-order valence-corrected chi connectivity index (χ2v) is 7.88. The number of imidazole rings is 1. The fourth-order valence-electron chi connectivity index (χ4n) is 2.40. The Morgan fingerprint density at radius 2 is 1.80 bits per heavy atom. The van der Waals surface area contributed by atoms with E-state index in [1.807, 2.05) is 0 Å². The maximum Gasteiger partial charge on any atom is 0.136 e. The zero-order valence-corrected chi connectivity index (χ0v) is 16.4. The highest BCUT2D eigenvalue weighted by Gasteiger charge is 2.19. The van der Waals surface area contributed by atoms with E-state index in [0.29, 0.717) is 23.7 Å². The fourth-order valence-corrected chi connectivity index (χ4v) is 4.95. The first kappa shape index (κ1) is 19.4. The van der Waals surface area contributed by atoms with Crippen molar-refractivity contribution >= 4 is 21.6 Å². The van der Waals surface area contributed by atoms with E-state index in [1.54, 1.807) is 36.1 Å². The number of nitrogens with zero attached hydrogens (tertiary/aromatic N) is 4. The summed E-state index contributed by atoms with van der Waals surface area (Å²) in [5.74, 6) is 1.21. The molecule has 0 spiro atoms. The highest BCUT2D eigenvalue weighted by Crippen LogP contribution is 2.42. The smallest absolute Gasteiger partial charge is 0.136 e. The van der Waals surface area contributed by atoms with Crippen LogP contribution in [0.2, 0.25) is 0 Å². The molecule has 0 N–H and O–H groups in total. The number of rotatable bonds is 7. The van der Waals surface area contributed by atoms with E-state index >= 15 is 0 Å². The van der Waals surface area contributed by atoms with E-state index in [4.69, 9.17) is 20.2 Å². The first-order valence-corrected chi connectivity index (χ1v) is 10.1. The third-order valence-electron chi connectivity index (χ3n) is 3.54. The first-order valence-electron chi connectivity index (χ1n) is 7.92. The van der Waals surface area contributed by atoms with Gasteiger partial charge in [0, 0.05) is 18.6 Å². The molecule has 0 radical (unpaired) electrons. The second-order valence-electron chi connectivity index (χ2n) is 5.69. The molecule has 25 heavy (non-hydrogen) atoms. The lowest BCUT2D eigenvalue weighted by Gasteiger charge is -2.10. The third-order valence-corrected chi connectivity index (χ3v) is 5.94. The summed E-state index contributed by atoms with van der Waals surface area (Å²) in [4.78, 5) is 5.63. The van der Waals surface area contributed by atoms with Crippen molar-refractivity contribution < 1.29 is 4.74 Å². The highest BCUT2D eigenvalue weighted by atomic mass is 33.1. The predicted octanol–water partition coefficient (Wildman–Crippen LogP) is 4.72. The molecule has 0 saturated heterocycles. The Hall–Kier alpha value is -1.93. The van der Waals surface area contributed by atoms with Crippen molar-refractivity contribution in [2.75, 3.05) is 7.11 Å². The Balaban J connectivity index is 2.34. The van der Waals surface area contributed by atoms with Gasteiger partial charge in [0.15, 0.2) is 0 Å². The van der Waals surface area contributed by atoms with Crippen LogP contribution in [0.5, 0.6) is 0 Å². The van der Waals surface area contributed by atoms with Gasteiger partial charge in [-0.3, -0.25) is 0 Å². The van der Waals surface area contributed by atoms with Gasteiger partial charge in [0.25, 0.3) is 0 Å². The van der Waals surface area contributed by atoms with Gasteiger partial charge in [-0.05, 0) is 41.8 Å². The predicted molar refractivity (Wildman–Crippen MR) is 100 cm³/mol. The quantitative estimate of drug-likeness (QED) is 0.655. The molecule has 0 aliphatic rings. The number of nitriles is 2. The van der Waals surface area contributed by atoms with Gasteiger partial charge in [-0.1, -0.05) is 24.6 Å². The normalized spacial score (nSPS) is 10.7. The van der Waals surface area contributed by atoms with Crippen LogP contribution in [-0.4, -0.2) is 16.7 Å². The minimum absolute atomic E-state index is 0.298. The van der Waals surface area contributed by atoms with Crippen LogP contribution in [0.4, 0.5) is 0 Å². The molecule has 0 aliphatic carbocycles. The molecule has 0 bridgehead atoms. The molecule has 1 aromatic carbocycles. The molecule has 0 unspecified atom stereocenters. The summed E-state index contributed by atoms with van der Waals surface area (Å²) in [5.41, 5.74) is 2.04. The van der Waals surface area contributed by atoms with Gasteiger partial charge in [0.05, 0.1) is 29.0 Å². The first-order chi connectivity index (χ1) is 12.0. The van der Waals surface area contributed by atoms with Crippen LogP contribution >= 0.6 is 21.6 Å². The molecule has 0 amide bonds. The summed E-state index contributed by atoms with van der Waals surface area (Å²) in [5, 5.41) is 19.3. The fraction of sp³-hybridized carbons (Fsp3) is 0.389. The van der Waals surface area contributed by atoms with Crippen LogP contribution in [0.3, 0.4) is 0 Å². The third kappa shape index (κ3) is 4.58. The monoisotopic (exact) mass is 372 g/mol. The summed E-state index contributed by atoms with van der Waals surface area (Å²) in [6.45, 7) is 7.61. The van der Waals surface area contributed by atoms with E-state index in [1.165, 1.54) is 10.8 Å². The van der Waals surface area contributed by atoms with Crippen molar-refractivity contribution in [3.05, 3.63) is 40.8 Å². The van der Waals surface area contributed by atoms with Crippen LogP contribution in [-0.2, 0) is 17.9 Å². The molecule has 0 fully saturated rings. The molecule has 0 saturated carbocycles. The lowest BCUT2D eigenvalue weighted by atomic mass is 10.1. The lowest BCUT2D eigenvalue weighted by molar-refractivity contribution is 0.173. The Morgan fingerprint density at radius 1 is 1.16 bits per heavy atom. The van der Waals surface area contributed by atoms with Gasteiger partial charge in [-0.25, -0.2) is 4.98 Å². The standard InChI is InChI=1S/C18H20N4OS2/c1-5-22-16(11-23-4)21-17(12(2)3)18(22)25-24-15-7-13(9-19)6-14(8-15)10-20/h6-8,12H,5,11H2,1-4H3. The minimum atomic E-state index is 0.298. The van der Waals surface area contributed by atoms with Crippen LogP contribution in [0.25, 0.3) is 0 Å². The Labute approximate surface area is 156 Å². The molecule has 0 aliphatic heterocycles. The number of ether oxygens (including phenoxy) is 1. The highest BCUT2D eigenvalue weighted by molar-refractivity contribution is 8.76. The zero-order chi connectivity index (χ0) is 18.4. The molecule has 7 heteroatoms. The summed E-state index contributed by atoms with van der Waals surface area (Å²) in [6.07, 6.45) is 0. The number of methoxy groups -OCH3 is 1. The molecule has 5 nitrogen and oxygen atoms in total.